The summed E-state index contributed by atoms with van der Waals surface area (Å²) in [6.45, 7) is 6.62. The third kappa shape index (κ3) is 3.16. The Morgan fingerprint density at radius 1 is 1.00 bits per heavy atom. The minimum atomic E-state index is 0.404. The third-order valence-corrected chi connectivity index (χ3v) is 3.22. The van der Waals surface area contributed by atoms with Crippen molar-refractivity contribution in [1.29, 1.82) is 0 Å². The molecule has 0 saturated carbocycles. The molecule has 2 aromatic heterocycles. The predicted octanol–water partition coefficient (Wildman–Crippen LogP) is 3.95. The van der Waals surface area contributed by atoms with Gasteiger partial charge in [-0.3, -0.25) is 9.97 Å². The lowest BCUT2D eigenvalue weighted by Gasteiger charge is -2.12. The Balaban J connectivity index is 2.12. The van der Waals surface area contributed by atoms with E-state index in [-0.39, 0.29) is 0 Å². The van der Waals surface area contributed by atoms with Gasteiger partial charge >= 0.3 is 0 Å². The summed E-state index contributed by atoms with van der Waals surface area (Å²) in [5, 5.41) is 0. The quantitative estimate of drug-likeness (QED) is 0.808. The molecular weight excluding hydrogens is 220 g/mol. The van der Waals surface area contributed by atoms with Crippen molar-refractivity contribution in [3.8, 4) is 0 Å². The van der Waals surface area contributed by atoms with E-state index in [1.54, 1.807) is 0 Å². The summed E-state index contributed by atoms with van der Waals surface area (Å²) in [5.41, 5.74) is 3.64. The first-order chi connectivity index (χ1) is 8.66. The Morgan fingerprint density at radius 3 is 2.50 bits per heavy atom. The van der Waals surface area contributed by atoms with Gasteiger partial charge in [0.25, 0.3) is 0 Å². The monoisotopic (exact) mass is 240 g/mol. The van der Waals surface area contributed by atoms with Gasteiger partial charge in [-0.25, -0.2) is 0 Å². The molecule has 1 unspecified atom stereocenters. The van der Waals surface area contributed by atoms with Crippen LogP contribution in [0.3, 0.4) is 0 Å². The highest BCUT2D eigenvalue weighted by Gasteiger charge is 2.09. The first-order valence-electron chi connectivity index (χ1n) is 6.52. The molecular formula is C16H20N2. The van der Waals surface area contributed by atoms with Crippen molar-refractivity contribution in [2.45, 2.75) is 39.0 Å². The number of rotatable bonds is 4. The summed E-state index contributed by atoms with van der Waals surface area (Å²) in [6.07, 6.45) is 4.71. The highest BCUT2D eigenvalue weighted by molar-refractivity contribution is 5.21. The number of hydrogen-bond acceptors (Lipinski definition) is 2. The Morgan fingerprint density at radius 2 is 1.83 bits per heavy atom. The van der Waals surface area contributed by atoms with Crippen LogP contribution in [-0.4, -0.2) is 9.97 Å². The summed E-state index contributed by atoms with van der Waals surface area (Å²) in [7, 11) is 0. The largest absolute Gasteiger partial charge is 0.261 e. The van der Waals surface area contributed by atoms with Crippen LogP contribution >= 0.6 is 0 Å². The molecule has 2 aromatic rings. The molecule has 1 atom stereocenters. The van der Waals surface area contributed by atoms with E-state index in [1.807, 2.05) is 24.5 Å². The smallest absolute Gasteiger partial charge is 0.0435 e. The molecule has 0 aliphatic heterocycles. The number of aromatic nitrogens is 2. The molecule has 0 radical (unpaired) electrons. The molecule has 0 aromatic carbocycles. The maximum atomic E-state index is 4.46. The van der Waals surface area contributed by atoms with Gasteiger partial charge in [-0.05, 0) is 42.2 Å². The van der Waals surface area contributed by atoms with Crippen molar-refractivity contribution >= 4 is 0 Å². The van der Waals surface area contributed by atoms with E-state index in [0.717, 1.165) is 17.8 Å². The average molecular weight is 240 g/mol. The number of hydrogen-bond donors (Lipinski definition) is 0. The molecule has 0 aliphatic rings. The van der Waals surface area contributed by atoms with Crippen LogP contribution in [0.5, 0.6) is 0 Å². The van der Waals surface area contributed by atoms with E-state index in [4.69, 9.17) is 0 Å². The van der Waals surface area contributed by atoms with Gasteiger partial charge in [0.05, 0.1) is 0 Å². The van der Waals surface area contributed by atoms with E-state index >= 15 is 0 Å². The Labute approximate surface area is 109 Å². The van der Waals surface area contributed by atoms with Crippen LogP contribution in [0.2, 0.25) is 0 Å². The van der Waals surface area contributed by atoms with E-state index in [9.17, 15) is 0 Å². The SMILES string of the molecule is CC(C)c1ccnc(CC(C)c2ccccn2)c1. The second-order valence-electron chi connectivity index (χ2n) is 5.09. The van der Waals surface area contributed by atoms with Crippen LogP contribution in [0.4, 0.5) is 0 Å². The van der Waals surface area contributed by atoms with Gasteiger partial charge in [0, 0.05) is 29.7 Å². The lowest BCUT2D eigenvalue weighted by Crippen LogP contribution is -2.03. The lowest BCUT2D eigenvalue weighted by molar-refractivity contribution is 0.712. The third-order valence-electron chi connectivity index (χ3n) is 3.22. The van der Waals surface area contributed by atoms with Gasteiger partial charge in [-0.15, -0.1) is 0 Å². The van der Waals surface area contributed by atoms with Gasteiger partial charge in [-0.1, -0.05) is 26.8 Å². The van der Waals surface area contributed by atoms with Crippen LogP contribution in [0.15, 0.2) is 42.7 Å². The van der Waals surface area contributed by atoms with Crippen LogP contribution in [-0.2, 0) is 6.42 Å². The van der Waals surface area contributed by atoms with Crippen molar-refractivity contribution in [3.05, 3.63) is 59.7 Å². The fraction of sp³-hybridized carbons (Fsp3) is 0.375. The Kier molecular flexibility index (Phi) is 4.08. The van der Waals surface area contributed by atoms with Gasteiger partial charge in [-0.2, -0.15) is 0 Å². The molecule has 0 N–H and O–H groups in total. The molecule has 94 valence electrons. The number of nitrogens with zero attached hydrogens (tertiary/aromatic N) is 2. The molecule has 0 aliphatic carbocycles. The average Bonchev–Trinajstić information content (AvgIpc) is 2.40. The van der Waals surface area contributed by atoms with Crippen LogP contribution in [0, 0.1) is 0 Å². The minimum absolute atomic E-state index is 0.404. The molecule has 0 saturated heterocycles. The maximum Gasteiger partial charge on any atom is 0.0435 e. The van der Waals surface area contributed by atoms with E-state index in [1.165, 1.54) is 5.56 Å². The molecule has 2 rings (SSSR count). The highest BCUT2D eigenvalue weighted by atomic mass is 14.7. The summed E-state index contributed by atoms with van der Waals surface area (Å²) < 4.78 is 0. The normalized spacial score (nSPS) is 12.7. The zero-order valence-corrected chi connectivity index (χ0v) is 11.3. The van der Waals surface area contributed by atoms with Gasteiger partial charge in [0.2, 0.25) is 0 Å². The van der Waals surface area contributed by atoms with Crippen molar-refractivity contribution in [1.82, 2.24) is 9.97 Å². The first kappa shape index (κ1) is 12.7. The van der Waals surface area contributed by atoms with Crippen molar-refractivity contribution < 1.29 is 0 Å². The zero-order valence-electron chi connectivity index (χ0n) is 11.3. The van der Waals surface area contributed by atoms with Gasteiger partial charge < -0.3 is 0 Å². The molecule has 0 spiro atoms. The summed E-state index contributed by atoms with van der Waals surface area (Å²) in [6, 6.07) is 10.4. The summed E-state index contributed by atoms with van der Waals surface area (Å²) in [5.74, 6) is 0.956. The lowest BCUT2D eigenvalue weighted by atomic mass is 9.97. The molecule has 0 bridgehead atoms. The predicted molar refractivity (Wildman–Crippen MR) is 74.7 cm³/mol. The Hall–Kier alpha value is -1.70. The molecule has 0 fully saturated rings. The molecule has 2 heteroatoms. The molecule has 0 amide bonds. The number of pyridine rings is 2. The second kappa shape index (κ2) is 5.76. The summed E-state index contributed by atoms with van der Waals surface area (Å²) in [4.78, 5) is 8.86. The Bertz CT molecular complexity index is 491. The van der Waals surface area contributed by atoms with Gasteiger partial charge in [0.1, 0.15) is 0 Å². The first-order valence-corrected chi connectivity index (χ1v) is 6.52. The van der Waals surface area contributed by atoms with E-state index in [2.05, 4.69) is 48.9 Å². The molecule has 18 heavy (non-hydrogen) atoms. The van der Waals surface area contributed by atoms with Crippen LogP contribution in [0.1, 0.15) is 49.6 Å². The maximum absolute atomic E-state index is 4.46. The topological polar surface area (TPSA) is 25.8 Å². The molecule has 2 heterocycles. The fourth-order valence-electron chi connectivity index (χ4n) is 2.05. The van der Waals surface area contributed by atoms with E-state index < -0.39 is 0 Å². The second-order valence-corrected chi connectivity index (χ2v) is 5.09. The van der Waals surface area contributed by atoms with E-state index in [0.29, 0.717) is 11.8 Å². The summed E-state index contributed by atoms with van der Waals surface area (Å²) >= 11 is 0. The standard InChI is InChI=1S/C16H20N2/c1-12(2)14-7-9-17-15(11-14)10-13(3)16-6-4-5-8-18-16/h4-9,11-13H,10H2,1-3H3. The fourth-order valence-corrected chi connectivity index (χ4v) is 2.05. The zero-order chi connectivity index (χ0) is 13.0. The minimum Gasteiger partial charge on any atom is -0.261 e. The molecule has 2 nitrogen and oxygen atoms in total. The highest BCUT2D eigenvalue weighted by Crippen LogP contribution is 2.20. The van der Waals surface area contributed by atoms with Crippen LogP contribution in [0.25, 0.3) is 0 Å². The van der Waals surface area contributed by atoms with Crippen molar-refractivity contribution in [2.24, 2.45) is 0 Å². The van der Waals surface area contributed by atoms with Crippen molar-refractivity contribution in [2.75, 3.05) is 0 Å². The van der Waals surface area contributed by atoms with Gasteiger partial charge in [0.15, 0.2) is 0 Å². The van der Waals surface area contributed by atoms with Crippen molar-refractivity contribution in [3.63, 3.8) is 0 Å². The van der Waals surface area contributed by atoms with Crippen LogP contribution < -0.4 is 0 Å².